The second kappa shape index (κ2) is 7.84. The van der Waals surface area contributed by atoms with Crippen molar-refractivity contribution >= 4 is 5.91 Å². The number of benzene rings is 1. The number of hydrogen-bond acceptors (Lipinski definition) is 3. The van der Waals surface area contributed by atoms with Crippen molar-refractivity contribution in [1.82, 2.24) is 10.2 Å². The molecule has 0 aromatic heterocycles. The Morgan fingerprint density at radius 3 is 2.56 bits per heavy atom. The van der Waals surface area contributed by atoms with Gasteiger partial charge in [0.05, 0.1) is 0 Å². The number of carbonyl (C=O) groups excluding carboxylic acids is 1. The first-order valence-electron chi connectivity index (χ1n) is 6.15. The van der Waals surface area contributed by atoms with Crippen LogP contribution in [-0.4, -0.2) is 45.2 Å². The van der Waals surface area contributed by atoms with Crippen LogP contribution in [0.2, 0.25) is 0 Å². The molecule has 1 aromatic rings. The zero-order chi connectivity index (χ0) is 13.4. The highest BCUT2D eigenvalue weighted by Crippen LogP contribution is 2.17. The summed E-state index contributed by atoms with van der Waals surface area (Å²) in [6.45, 7) is 1.31. The van der Waals surface area contributed by atoms with E-state index in [4.69, 9.17) is 4.74 Å². The molecule has 0 aliphatic carbocycles. The number of carbonyl (C=O) groups is 1. The Morgan fingerprint density at radius 1 is 1.33 bits per heavy atom. The molecule has 0 saturated carbocycles. The molecule has 0 fully saturated rings. The minimum absolute atomic E-state index is 0.0299. The average Bonchev–Trinajstić information content (AvgIpc) is 2.36. The molecule has 1 aromatic carbocycles. The van der Waals surface area contributed by atoms with Crippen molar-refractivity contribution in [2.75, 3.05) is 34.4 Å². The van der Waals surface area contributed by atoms with Gasteiger partial charge in [0.25, 0.3) is 0 Å². The zero-order valence-electron chi connectivity index (χ0n) is 11.3. The SMILES string of the molecule is COCCCNC(=O)C(c1ccccc1)N(C)C. The lowest BCUT2D eigenvalue weighted by Gasteiger charge is -2.23. The van der Waals surface area contributed by atoms with Crippen molar-refractivity contribution in [2.45, 2.75) is 12.5 Å². The van der Waals surface area contributed by atoms with Crippen molar-refractivity contribution in [2.24, 2.45) is 0 Å². The van der Waals surface area contributed by atoms with E-state index in [0.717, 1.165) is 12.0 Å². The summed E-state index contributed by atoms with van der Waals surface area (Å²) in [5.74, 6) is 0.0299. The first-order chi connectivity index (χ1) is 8.66. The third kappa shape index (κ3) is 4.47. The van der Waals surface area contributed by atoms with Crippen molar-refractivity contribution in [3.05, 3.63) is 35.9 Å². The summed E-state index contributed by atoms with van der Waals surface area (Å²) < 4.78 is 4.95. The number of nitrogens with zero attached hydrogens (tertiary/aromatic N) is 1. The van der Waals surface area contributed by atoms with Gasteiger partial charge in [0.2, 0.25) is 5.91 Å². The third-order valence-corrected chi connectivity index (χ3v) is 2.70. The second-order valence-electron chi connectivity index (χ2n) is 4.41. The zero-order valence-corrected chi connectivity index (χ0v) is 11.3. The van der Waals surface area contributed by atoms with E-state index in [9.17, 15) is 4.79 Å². The van der Waals surface area contributed by atoms with Crippen LogP contribution < -0.4 is 5.32 Å². The van der Waals surface area contributed by atoms with Gasteiger partial charge in [-0.1, -0.05) is 30.3 Å². The average molecular weight is 250 g/mol. The van der Waals surface area contributed by atoms with Gasteiger partial charge in [0.15, 0.2) is 0 Å². The van der Waals surface area contributed by atoms with Gasteiger partial charge < -0.3 is 10.1 Å². The van der Waals surface area contributed by atoms with Gasteiger partial charge in [0.1, 0.15) is 6.04 Å². The Hall–Kier alpha value is -1.39. The standard InChI is InChI=1S/C14H22N2O2/c1-16(2)13(12-8-5-4-6-9-12)14(17)15-10-7-11-18-3/h4-6,8-9,13H,7,10-11H2,1-3H3,(H,15,17). The lowest BCUT2D eigenvalue weighted by Crippen LogP contribution is -2.37. The summed E-state index contributed by atoms with van der Waals surface area (Å²) in [7, 11) is 5.48. The molecule has 18 heavy (non-hydrogen) atoms. The van der Waals surface area contributed by atoms with Gasteiger partial charge in [-0.2, -0.15) is 0 Å². The van der Waals surface area contributed by atoms with E-state index in [1.165, 1.54) is 0 Å². The Balaban J connectivity index is 2.60. The monoisotopic (exact) mass is 250 g/mol. The van der Waals surface area contributed by atoms with E-state index in [0.29, 0.717) is 13.2 Å². The fourth-order valence-electron chi connectivity index (χ4n) is 1.84. The Kier molecular flexibility index (Phi) is 6.39. The van der Waals surface area contributed by atoms with Gasteiger partial charge in [0, 0.05) is 20.3 Å². The number of rotatable bonds is 7. The highest BCUT2D eigenvalue weighted by atomic mass is 16.5. The molecular formula is C14H22N2O2. The van der Waals surface area contributed by atoms with Crippen molar-refractivity contribution in [1.29, 1.82) is 0 Å². The molecule has 0 spiro atoms. The van der Waals surface area contributed by atoms with Gasteiger partial charge in [-0.15, -0.1) is 0 Å². The highest BCUT2D eigenvalue weighted by Gasteiger charge is 2.21. The van der Waals surface area contributed by atoms with Crippen LogP contribution in [0, 0.1) is 0 Å². The largest absolute Gasteiger partial charge is 0.385 e. The molecule has 4 nitrogen and oxygen atoms in total. The molecule has 1 N–H and O–H groups in total. The molecular weight excluding hydrogens is 228 g/mol. The van der Waals surface area contributed by atoms with Crippen LogP contribution in [0.25, 0.3) is 0 Å². The number of likely N-dealkylation sites (N-methyl/N-ethyl adjacent to an activating group) is 1. The van der Waals surface area contributed by atoms with Gasteiger partial charge in [-0.3, -0.25) is 9.69 Å². The molecule has 1 amide bonds. The number of hydrogen-bond donors (Lipinski definition) is 1. The van der Waals surface area contributed by atoms with Crippen LogP contribution in [0.15, 0.2) is 30.3 Å². The Labute approximate surface area is 109 Å². The number of nitrogens with one attached hydrogen (secondary N) is 1. The van der Waals surface area contributed by atoms with Crippen LogP contribution in [0.3, 0.4) is 0 Å². The topological polar surface area (TPSA) is 41.6 Å². The number of ether oxygens (including phenoxy) is 1. The van der Waals surface area contributed by atoms with E-state index in [1.807, 2.05) is 49.3 Å². The fraction of sp³-hybridized carbons (Fsp3) is 0.500. The van der Waals surface area contributed by atoms with Crippen LogP contribution in [-0.2, 0) is 9.53 Å². The first kappa shape index (κ1) is 14.7. The number of methoxy groups -OCH3 is 1. The van der Waals surface area contributed by atoms with Crippen LogP contribution in [0.1, 0.15) is 18.0 Å². The molecule has 1 unspecified atom stereocenters. The highest BCUT2D eigenvalue weighted by molar-refractivity contribution is 5.83. The maximum atomic E-state index is 12.2. The van der Waals surface area contributed by atoms with Gasteiger partial charge in [-0.25, -0.2) is 0 Å². The van der Waals surface area contributed by atoms with E-state index < -0.39 is 0 Å². The van der Waals surface area contributed by atoms with Gasteiger partial charge in [-0.05, 0) is 26.1 Å². The predicted octanol–water partition coefficient (Wildman–Crippen LogP) is 1.44. The molecule has 0 saturated heterocycles. The Morgan fingerprint density at radius 2 is 2.00 bits per heavy atom. The molecule has 0 heterocycles. The Bertz CT molecular complexity index is 352. The normalized spacial score (nSPS) is 12.4. The molecule has 4 heteroatoms. The molecule has 0 aliphatic rings. The smallest absolute Gasteiger partial charge is 0.241 e. The lowest BCUT2D eigenvalue weighted by atomic mass is 10.1. The molecule has 1 rings (SSSR count). The van der Waals surface area contributed by atoms with E-state index >= 15 is 0 Å². The molecule has 0 bridgehead atoms. The van der Waals surface area contributed by atoms with Crippen LogP contribution >= 0.6 is 0 Å². The van der Waals surface area contributed by atoms with E-state index in [1.54, 1.807) is 7.11 Å². The lowest BCUT2D eigenvalue weighted by molar-refractivity contribution is -0.125. The molecule has 100 valence electrons. The van der Waals surface area contributed by atoms with E-state index in [2.05, 4.69) is 5.32 Å². The predicted molar refractivity (Wildman–Crippen MR) is 72.4 cm³/mol. The summed E-state index contributed by atoms with van der Waals surface area (Å²) in [4.78, 5) is 14.1. The summed E-state index contributed by atoms with van der Waals surface area (Å²) in [6, 6.07) is 9.55. The second-order valence-corrected chi connectivity index (χ2v) is 4.41. The van der Waals surface area contributed by atoms with E-state index in [-0.39, 0.29) is 11.9 Å². The third-order valence-electron chi connectivity index (χ3n) is 2.70. The maximum Gasteiger partial charge on any atom is 0.241 e. The van der Waals surface area contributed by atoms with Crippen LogP contribution in [0.4, 0.5) is 0 Å². The summed E-state index contributed by atoms with van der Waals surface area (Å²) in [5, 5.41) is 2.94. The molecule has 0 radical (unpaired) electrons. The number of amides is 1. The maximum absolute atomic E-state index is 12.2. The summed E-state index contributed by atoms with van der Waals surface area (Å²) >= 11 is 0. The quantitative estimate of drug-likeness (QED) is 0.745. The van der Waals surface area contributed by atoms with Crippen molar-refractivity contribution in [3.63, 3.8) is 0 Å². The first-order valence-corrected chi connectivity index (χ1v) is 6.15. The van der Waals surface area contributed by atoms with Crippen LogP contribution in [0.5, 0.6) is 0 Å². The molecule has 1 atom stereocenters. The minimum atomic E-state index is -0.242. The van der Waals surface area contributed by atoms with Crippen molar-refractivity contribution in [3.8, 4) is 0 Å². The van der Waals surface area contributed by atoms with Crippen molar-refractivity contribution < 1.29 is 9.53 Å². The molecule has 0 aliphatic heterocycles. The summed E-state index contributed by atoms with van der Waals surface area (Å²) in [5.41, 5.74) is 1.01. The fourth-order valence-corrected chi connectivity index (χ4v) is 1.84. The summed E-state index contributed by atoms with van der Waals surface area (Å²) in [6.07, 6.45) is 0.831. The van der Waals surface area contributed by atoms with Gasteiger partial charge >= 0.3 is 0 Å². The minimum Gasteiger partial charge on any atom is -0.385 e.